The summed E-state index contributed by atoms with van der Waals surface area (Å²) in [7, 11) is 0. The number of anilines is 1. The monoisotopic (exact) mass is 226 g/mol. The minimum absolute atomic E-state index is 0.115. The lowest BCUT2D eigenvalue weighted by Gasteiger charge is -2.05. The second kappa shape index (κ2) is 4.78. The molecule has 1 heterocycles. The van der Waals surface area contributed by atoms with Crippen LogP contribution in [0.3, 0.4) is 0 Å². The van der Waals surface area contributed by atoms with Crippen molar-refractivity contribution < 1.29 is 4.79 Å². The van der Waals surface area contributed by atoms with E-state index < -0.39 is 0 Å². The van der Waals surface area contributed by atoms with Gasteiger partial charge < -0.3 is 5.32 Å². The first-order valence-electron chi connectivity index (χ1n) is 5.46. The van der Waals surface area contributed by atoms with Crippen molar-refractivity contribution in [3.05, 3.63) is 59.4 Å². The molecule has 0 radical (unpaired) electrons. The first-order valence-corrected chi connectivity index (χ1v) is 5.46. The van der Waals surface area contributed by atoms with Crippen LogP contribution >= 0.6 is 0 Å². The van der Waals surface area contributed by atoms with Gasteiger partial charge in [-0.15, -0.1) is 0 Å². The van der Waals surface area contributed by atoms with Crippen LogP contribution in [0.4, 0.5) is 5.69 Å². The highest BCUT2D eigenvalue weighted by molar-refractivity contribution is 6.04. The molecule has 0 spiro atoms. The van der Waals surface area contributed by atoms with E-state index in [1.165, 1.54) is 0 Å². The summed E-state index contributed by atoms with van der Waals surface area (Å²) < 4.78 is 0. The van der Waals surface area contributed by atoms with Crippen molar-refractivity contribution in [3.63, 3.8) is 0 Å². The second-order valence-electron chi connectivity index (χ2n) is 4.01. The number of hydrogen-bond donors (Lipinski definition) is 1. The van der Waals surface area contributed by atoms with Crippen molar-refractivity contribution in [2.45, 2.75) is 13.8 Å². The zero-order valence-electron chi connectivity index (χ0n) is 9.90. The lowest BCUT2D eigenvalue weighted by atomic mass is 10.1. The van der Waals surface area contributed by atoms with Crippen LogP contribution in [0.5, 0.6) is 0 Å². The zero-order chi connectivity index (χ0) is 12.3. The van der Waals surface area contributed by atoms with Crippen LogP contribution in [0.1, 0.15) is 21.6 Å². The van der Waals surface area contributed by atoms with E-state index in [1.807, 2.05) is 50.2 Å². The Hall–Kier alpha value is -2.16. The number of hydrogen-bond acceptors (Lipinski definition) is 2. The lowest BCUT2D eigenvalue weighted by molar-refractivity contribution is 0.102. The first kappa shape index (κ1) is 11.3. The maximum Gasteiger partial charge on any atom is 0.255 e. The summed E-state index contributed by atoms with van der Waals surface area (Å²) >= 11 is 0. The van der Waals surface area contributed by atoms with Gasteiger partial charge >= 0.3 is 0 Å². The van der Waals surface area contributed by atoms with Crippen LogP contribution in [0, 0.1) is 13.8 Å². The van der Waals surface area contributed by atoms with Crippen molar-refractivity contribution in [3.8, 4) is 0 Å². The Morgan fingerprint density at radius 3 is 2.35 bits per heavy atom. The van der Waals surface area contributed by atoms with Gasteiger partial charge in [0.15, 0.2) is 0 Å². The molecule has 0 fully saturated rings. The summed E-state index contributed by atoms with van der Waals surface area (Å²) in [5.41, 5.74) is 3.43. The maximum absolute atomic E-state index is 11.9. The molecule has 3 nitrogen and oxygen atoms in total. The molecule has 1 amide bonds. The number of benzene rings is 1. The molecular formula is C14H14N2O. The van der Waals surface area contributed by atoms with E-state index in [1.54, 1.807) is 6.20 Å². The minimum Gasteiger partial charge on any atom is -0.321 e. The van der Waals surface area contributed by atoms with E-state index in [0.717, 1.165) is 11.3 Å². The van der Waals surface area contributed by atoms with E-state index in [0.29, 0.717) is 11.3 Å². The van der Waals surface area contributed by atoms with Crippen LogP contribution in [0.2, 0.25) is 0 Å². The molecule has 0 aliphatic carbocycles. The number of nitrogens with zero attached hydrogens (tertiary/aromatic N) is 1. The van der Waals surface area contributed by atoms with Crippen molar-refractivity contribution in [1.29, 1.82) is 0 Å². The van der Waals surface area contributed by atoms with Gasteiger partial charge in [-0.05, 0) is 38.1 Å². The van der Waals surface area contributed by atoms with Crippen molar-refractivity contribution in [2.75, 3.05) is 5.32 Å². The molecule has 86 valence electrons. The van der Waals surface area contributed by atoms with Gasteiger partial charge in [-0.3, -0.25) is 9.78 Å². The maximum atomic E-state index is 11.9. The predicted octanol–water partition coefficient (Wildman–Crippen LogP) is 2.95. The third kappa shape index (κ3) is 2.91. The molecule has 2 aromatic rings. The molecule has 3 heteroatoms. The second-order valence-corrected chi connectivity index (χ2v) is 4.01. The summed E-state index contributed by atoms with van der Waals surface area (Å²) in [4.78, 5) is 16.0. The summed E-state index contributed by atoms with van der Waals surface area (Å²) in [6.07, 6.45) is 1.65. The molecule has 0 bridgehead atoms. The van der Waals surface area contributed by atoms with Gasteiger partial charge in [0.2, 0.25) is 0 Å². The molecule has 0 saturated heterocycles. The Kier molecular flexibility index (Phi) is 3.19. The molecule has 2 rings (SSSR count). The van der Waals surface area contributed by atoms with Crippen LogP contribution in [0.15, 0.2) is 42.6 Å². The fourth-order valence-electron chi connectivity index (χ4n) is 1.45. The predicted molar refractivity (Wildman–Crippen MR) is 68.1 cm³/mol. The van der Waals surface area contributed by atoms with Gasteiger partial charge in [0.25, 0.3) is 5.91 Å². The molecule has 0 atom stereocenters. The Morgan fingerprint density at radius 2 is 1.76 bits per heavy atom. The molecule has 0 saturated carbocycles. The molecule has 0 aliphatic rings. The number of carbonyl (C=O) groups is 1. The SMILES string of the molecule is Cc1ccc(C(=O)Nc2ccc(C)nc2)cc1. The highest BCUT2D eigenvalue weighted by Gasteiger charge is 2.05. The third-order valence-electron chi connectivity index (χ3n) is 2.48. The van der Waals surface area contributed by atoms with Crippen molar-refractivity contribution in [1.82, 2.24) is 4.98 Å². The van der Waals surface area contributed by atoms with Gasteiger partial charge in [0.1, 0.15) is 0 Å². The van der Waals surface area contributed by atoms with Crippen LogP contribution in [0.25, 0.3) is 0 Å². The Bertz CT molecular complexity index is 515. The van der Waals surface area contributed by atoms with Crippen LogP contribution in [-0.4, -0.2) is 10.9 Å². The fourth-order valence-corrected chi connectivity index (χ4v) is 1.45. The number of aromatic nitrogens is 1. The minimum atomic E-state index is -0.115. The molecule has 1 aromatic heterocycles. The summed E-state index contributed by atoms with van der Waals surface area (Å²) in [6.45, 7) is 3.90. The molecule has 1 N–H and O–H groups in total. The number of rotatable bonds is 2. The molecule has 0 aliphatic heterocycles. The highest BCUT2D eigenvalue weighted by Crippen LogP contribution is 2.09. The van der Waals surface area contributed by atoms with E-state index in [9.17, 15) is 4.79 Å². The largest absolute Gasteiger partial charge is 0.321 e. The molecular weight excluding hydrogens is 212 g/mol. The van der Waals surface area contributed by atoms with E-state index in [2.05, 4.69) is 10.3 Å². The number of aryl methyl sites for hydroxylation is 2. The van der Waals surface area contributed by atoms with E-state index >= 15 is 0 Å². The van der Waals surface area contributed by atoms with Gasteiger partial charge in [0, 0.05) is 11.3 Å². The van der Waals surface area contributed by atoms with Gasteiger partial charge in [0.05, 0.1) is 11.9 Å². The third-order valence-corrected chi connectivity index (χ3v) is 2.48. The van der Waals surface area contributed by atoms with Crippen molar-refractivity contribution in [2.24, 2.45) is 0 Å². The van der Waals surface area contributed by atoms with Gasteiger partial charge in [-0.25, -0.2) is 0 Å². The lowest BCUT2D eigenvalue weighted by Crippen LogP contribution is -2.11. The topological polar surface area (TPSA) is 42.0 Å². The highest BCUT2D eigenvalue weighted by atomic mass is 16.1. The van der Waals surface area contributed by atoms with Crippen LogP contribution < -0.4 is 5.32 Å². The Morgan fingerprint density at radius 1 is 1.06 bits per heavy atom. The van der Waals surface area contributed by atoms with Gasteiger partial charge in [-0.1, -0.05) is 17.7 Å². The Labute approximate surface area is 101 Å². The molecule has 17 heavy (non-hydrogen) atoms. The first-order chi connectivity index (χ1) is 8.15. The number of pyridine rings is 1. The quantitative estimate of drug-likeness (QED) is 0.855. The average molecular weight is 226 g/mol. The van der Waals surface area contributed by atoms with Gasteiger partial charge in [-0.2, -0.15) is 0 Å². The normalized spacial score (nSPS) is 10.0. The average Bonchev–Trinajstić information content (AvgIpc) is 2.33. The Balaban J connectivity index is 2.11. The molecule has 1 aromatic carbocycles. The van der Waals surface area contributed by atoms with Crippen molar-refractivity contribution >= 4 is 11.6 Å². The summed E-state index contributed by atoms with van der Waals surface area (Å²) in [5, 5.41) is 2.80. The smallest absolute Gasteiger partial charge is 0.255 e. The number of carbonyl (C=O) groups excluding carboxylic acids is 1. The molecule has 0 unspecified atom stereocenters. The van der Waals surface area contributed by atoms with E-state index in [4.69, 9.17) is 0 Å². The van der Waals surface area contributed by atoms with Crippen LogP contribution in [-0.2, 0) is 0 Å². The van der Waals surface area contributed by atoms with E-state index in [-0.39, 0.29) is 5.91 Å². The fraction of sp³-hybridized carbons (Fsp3) is 0.143. The standard InChI is InChI=1S/C14H14N2O/c1-10-3-6-12(7-4-10)14(17)16-13-8-5-11(2)15-9-13/h3-9H,1-2H3,(H,16,17). The number of nitrogens with one attached hydrogen (secondary N) is 1. The summed E-state index contributed by atoms with van der Waals surface area (Å²) in [6, 6.07) is 11.2. The number of amides is 1. The zero-order valence-corrected chi connectivity index (χ0v) is 9.90. The summed E-state index contributed by atoms with van der Waals surface area (Å²) in [5.74, 6) is -0.115.